The van der Waals surface area contributed by atoms with E-state index < -0.39 is 16.9 Å². The minimum atomic E-state index is -0.560. The Morgan fingerprint density at radius 1 is 1.13 bits per heavy atom. The third-order valence-electron chi connectivity index (χ3n) is 3.35. The summed E-state index contributed by atoms with van der Waals surface area (Å²) in [6, 6.07) is 11.8. The van der Waals surface area contributed by atoms with Crippen LogP contribution in [0.4, 0.5) is 0 Å². The van der Waals surface area contributed by atoms with E-state index in [4.69, 9.17) is 9.15 Å². The number of phenolic OH excluding ortho intramolecular Hbond substituents is 2. The molecule has 0 saturated heterocycles. The molecule has 3 aromatic rings. The molecule has 0 aliphatic carbocycles. The molecule has 3 rings (SSSR count). The summed E-state index contributed by atoms with van der Waals surface area (Å²) in [5.74, 6) is -0.680. The number of benzene rings is 2. The summed E-state index contributed by atoms with van der Waals surface area (Å²) in [7, 11) is 0. The molecule has 0 amide bonds. The Morgan fingerprint density at radius 3 is 2.57 bits per heavy atom. The normalized spacial score (nSPS) is 10.6. The maximum Gasteiger partial charge on any atom is 0.201 e. The molecule has 23 heavy (non-hydrogen) atoms. The lowest BCUT2D eigenvalue weighted by molar-refractivity contribution is 0.325. The number of ether oxygens (including phenoxy) is 1. The Labute approximate surface area is 131 Å². The van der Waals surface area contributed by atoms with Crippen molar-refractivity contribution < 1.29 is 19.4 Å². The van der Waals surface area contributed by atoms with Crippen LogP contribution in [0.15, 0.2) is 64.3 Å². The van der Waals surface area contributed by atoms with Gasteiger partial charge in [-0.1, -0.05) is 43.0 Å². The minimum Gasteiger partial charge on any atom is -0.504 e. The maximum absolute atomic E-state index is 12.3. The molecule has 0 unspecified atom stereocenters. The lowest BCUT2D eigenvalue weighted by Crippen LogP contribution is -2.02. The average Bonchev–Trinajstić information content (AvgIpc) is 2.57. The Balaban J connectivity index is 2.25. The van der Waals surface area contributed by atoms with Crippen LogP contribution in [0.25, 0.3) is 22.3 Å². The first-order valence-electron chi connectivity index (χ1n) is 6.93. The van der Waals surface area contributed by atoms with E-state index in [9.17, 15) is 15.0 Å². The zero-order valence-corrected chi connectivity index (χ0v) is 12.2. The monoisotopic (exact) mass is 310 g/mol. The molecule has 0 aliphatic heterocycles. The van der Waals surface area contributed by atoms with Crippen LogP contribution in [0.5, 0.6) is 17.2 Å². The quantitative estimate of drug-likeness (QED) is 0.570. The van der Waals surface area contributed by atoms with Gasteiger partial charge >= 0.3 is 0 Å². The summed E-state index contributed by atoms with van der Waals surface area (Å²) >= 11 is 0. The number of fused-ring (bicyclic) bond motifs is 1. The van der Waals surface area contributed by atoms with Gasteiger partial charge in [-0.05, 0) is 0 Å². The van der Waals surface area contributed by atoms with Gasteiger partial charge in [-0.2, -0.15) is 0 Å². The van der Waals surface area contributed by atoms with Crippen molar-refractivity contribution >= 4 is 11.0 Å². The van der Waals surface area contributed by atoms with Gasteiger partial charge in [0.1, 0.15) is 23.3 Å². The van der Waals surface area contributed by atoms with Gasteiger partial charge in [-0.15, -0.1) is 0 Å². The van der Waals surface area contributed by atoms with Gasteiger partial charge in [-0.3, -0.25) is 4.79 Å². The van der Waals surface area contributed by atoms with E-state index in [0.29, 0.717) is 5.76 Å². The van der Waals surface area contributed by atoms with Gasteiger partial charge in [0.05, 0.1) is 0 Å². The fourth-order valence-electron chi connectivity index (χ4n) is 2.27. The fourth-order valence-corrected chi connectivity index (χ4v) is 2.27. The van der Waals surface area contributed by atoms with E-state index in [1.807, 2.05) is 18.2 Å². The molecule has 1 aromatic heterocycles. The standard InChI is InChI=1S/C18H14O5/c1-2-8-22-15-10-14-16(18(21)17(15)20)12(19)9-13(23-14)11-6-4-3-5-7-11/h2-7,9-10,20-21H,1,8H2. The van der Waals surface area contributed by atoms with Crippen LogP contribution >= 0.6 is 0 Å². The van der Waals surface area contributed by atoms with Gasteiger partial charge in [0.25, 0.3) is 0 Å². The van der Waals surface area contributed by atoms with E-state index in [1.165, 1.54) is 18.2 Å². The summed E-state index contributed by atoms with van der Waals surface area (Å²) in [5, 5.41) is 19.9. The number of aromatic hydroxyl groups is 2. The molecule has 1 heterocycles. The first-order valence-corrected chi connectivity index (χ1v) is 6.93. The molecule has 2 aromatic carbocycles. The second kappa shape index (κ2) is 5.88. The van der Waals surface area contributed by atoms with Crippen molar-refractivity contribution in [3.05, 3.63) is 65.3 Å². The number of rotatable bonds is 4. The van der Waals surface area contributed by atoms with E-state index in [1.54, 1.807) is 12.1 Å². The highest BCUT2D eigenvalue weighted by atomic mass is 16.5. The van der Waals surface area contributed by atoms with Crippen LogP contribution in [0, 0.1) is 0 Å². The second-order valence-electron chi connectivity index (χ2n) is 4.89. The van der Waals surface area contributed by atoms with Crippen LogP contribution in [0.1, 0.15) is 0 Å². The van der Waals surface area contributed by atoms with Crippen molar-refractivity contribution in [3.63, 3.8) is 0 Å². The first kappa shape index (κ1) is 14.7. The Morgan fingerprint density at radius 2 is 1.87 bits per heavy atom. The van der Waals surface area contributed by atoms with E-state index >= 15 is 0 Å². The number of phenols is 2. The molecule has 0 atom stereocenters. The molecule has 0 bridgehead atoms. The van der Waals surface area contributed by atoms with Crippen LogP contribution in [0.2, 0.25) is 0 Å². The Kier molecular flexibility index (Phi) is 3.76. The molecule has 2 N–H and O–H groups in total. The van der Waals surface area contributed by atoms with Crippen molar-refractivity contribution in [2.24, 2.45) is 0 Å². The third-order valence-corrected chi connectivity index (χ3v) is 3.35. The average molecular weight is 310 g/mol. The van der Waals surface area contributed by atoms with E-state index in [-0.39, 0.29) is 23.3 Å². The van der Waals surface area contributed by atoms with Crippen LogP contribution in [0.3, 0.4) is 0 Å². The smallest absolute Gasteiger partial charge is 0.201 e. The topological polar surface area (TPSA) is 79.9 Å². The Bertz CT molecular complexity index is 926. The molecule has 0 aliphatic rings. The van der Waals surface area contributed by atoms with Crippen LogP contribution in [-0.4, -0.2) is 16.8 Å². The molecule has 0 fully saturated rings. The fraction of sp³-hybridized carbons (Fsp3) is 0.0556. The molecule has 0 spiro atoms. The summed E-state index contributed by atoms with van der Waals surface area (Å²) < 4.78 is 11.0. The molecule has 0 saturated carbocycles. The van der Waals surface area contributed by atoms with Crippen molar-refractivity contribution in [2.75, 3.05) is 6.61 Å². The molecular weight excluding hydrogens is 296 g/mol. The van der Waals surface area contributed by atoms with Crippen LogP contribution in [-0.2, 0) is 0 Å². The lowest BCUT2D eigenvalue weighted by Gasteiger charge is -2.10. The highest BCUT2D eigenvalue weighted by Crippen LogP contribution is 2.41. The Hall–Kier alpha value is -3.21. The SMILES string of the molecule is C=CCOc1cc2oc(-c3ccccc3)cc(=O)c2c(O)c1O. The first-order chi connectivity index (χ1) is 11.1. The molecule has 116 valence electrons. The highest BCUT2D eigenvalue weighted by molar-refractivity contribution is 5.89. The van der Waals surface area contributed by atoms with Crippen molar-refractivity contribution in [1.29, 1.82) is 0 Å². The molecule has 5 nitrogen and oxygen atoms in total. The predicted octanol–water partition coefficient (Wildman–Crippen LogP) is 3.44. The molecular formula is C18H14O5. The third kappa shape index (κ3) is 2.64. The van der Waals surface area contributed by atoms with Gasteiger partial charge in [0.15, 0.2) is 16.9 Å². The summed E-state index contributed by atoms with van der Waals surface area (Å²) in [5.41, 5.74) is 0.409. The van der Waals surface area contributed by atoms with E-state index in [0.717, 1.165) is 5.56 Å². The minimum absolute atomic E-state index is 0.0169. The van der Waals surface area contributed by atoms with Crippen LogP contribution < -0.4 is 10.2 Å². The maximum atomic E-state index is 12.3. The second-order valence-corrected chi connectivity index (χ2v) is 4.89. The van der Waals surface area contributed by atoms with Crippen molar-refractivity contribution in [1.82, 2.24) is 0 Å². The zero-order chi connectivity index (χ0) is 16.4. The van der Waals surface area contributed by atoms with Crippen molar-refractivity contribution in [3.8, 4) is 28.6 Å². The van der Waals surface area contributed by atoms with Gasteiger partial charge in [0.2, 0.25) is 5.75 Å². The van der Waals surface area contributed by atoms with Gasteiger partial charge in [0, 0.05) is 17.7 Å². The molecule has 5 heteroatoms. The largest absolute Gasteiger partial charge is 0.504 e. The number of hydrogen-bond acceptors (Lipinski definition) is 5. The van der Waals surface area contributed by atoms with Gasteiger partial charge < -0.3 is 19.4 Å². The van der Waals surface area contributed by atoms with Crippen molar-refractivity contribution in [2.45, 2.75) is 0 Å². The van der Waals surface area contributed by atoms with E-state index in [2.05, 4.69) is 6.58 Å². The lowest BCUT2D eigenvalue weighted by atomic mass is 10.1. The molecule has 0 radical (unpaired) electrons. The summed E-state index contributed by atoms with van der Waals surface area (Å²) in [4.78, 5) is 12.3. The number of hydrogen-bond donors (Lipinski definition) is 2. The summed E-state index contributed by atoms with van der Waals surface area (Å²) in [6.45, 7) is 3.66. The van der Waals surface area contributed by atoms with Gasteiger partial charge in [-0.25, -0.2) is 0 Å². The highest BCUT2D eigenvalue weighted by Gasteiger charge is 2.18. The predicted molar refractivity (Wildman–Crippen MR) is 86.9 cm³/mol. The summed E-state index contributed by atoms with van der Waals surface area (Å²) in [6.07, 6.45) is 1.50. The zero-order valence-electron chi connectivity index (χ0n) is 12.2.